The summed E-state index contributed by atoms with van der Waals surface area (Å²) in [7, 11) is 1.86. The van der Waals surface area contributed by atoms with Crippen molar-refractivity contribution in [1.29, 1.82) is 0 Å². The lowest BCUT2D eigenvalue weighted by atomic mass is 9.63. The summed E-state index contributed by atoms with van der Waals surface area (Å²) in [5.74, 6) is 0.851. The van der Waals surface area contributed by atoms with Gasteiger partial charge in [0.15, 0.2) is 0 Å². The molecule has 116 valence electrons. The first-order valence-electron chi connectivity index (χ1n) is 8.65. The monoisotopic (exact) mass is 280 g/mol. The van der Waals surface area contributed by atoms with Gasteiger partial charge >= 0.3 is 0 Å². The van der Waals surface area contributed by atoms with Crippen LogP contribution in [0.25, 0.3) is 0 Å². The smallest absolute Gasteiger partial charge is 0.0652 e. The SMILES string of the molecule is COC1CC(NC2CCCCC2C2CCCN2)C1(C)C. The van der Waals surface area contributed by atoms with Gasteiger partial charge in [-0.1, -0.05) is 26.7 Å². The van der Waals surface area contributed by atoms with Crippen LogP contribution in [0, 0.1) is 11.3 Å². The Balaban J connectivity index is 1.60. The molecule has 0 radical (unpaired) electrons. The number of rotatable bonds is 4. The van der Waals surface area contributed by atoms with E-state index in [1.165, 1.54) is 51.5 Å². The molecule has 0 aromatic rings. The lowest BCUT2D eigenvalue weighted by Crippen LogP contribution is -2.64. The molecular weight excluding hydrogens is 248 g/mol. The molecule has 1 saturated heterocycles. The van der Waals surface area contributed by atoms with Crippen LogP contribution >= 0.6 is 0 Å². The molecule has 5 unspecified atom stereocenters. The zero-order valence-electron chi connectivity index (χ0n) is 13.5. The lowest BCUT2D eigenvalue weighted by Gasteiger charge is -2.54. The fourth-order valence-electron chi connectivity index (χ4n) is 4.75. The van der Waals surface area contributed by atoms with Crippen LogP contribution < -0.4 is 10.6 Å². The predicted molar refractivity (Wildman–Crippen MR) is 82.9 cm³/mol. The Labute approximate surface area is 124 Å². The molecule has 1 aliphatic heterocycles. The van der Waals surface area contributed by atoms with Crippen LogP contribution in [0.5, 0.6) is 0 Å². The van der Waals surface area contributed by atoms with Crippen LogP contribution in [-0.2, 0) is 4.74 Å². The summed E-state index contributed by atoms with van der Waals surface area (Å²) in [4.78, 5) is 0. The molecule has 0 spiro atoms. The topological polar surface area (TPSA) is 33.3 Å². The minimum atomic E-state index is 0.292. The molecule has 3 nitrogen and oxygen atoms in total. The second-order valence-corrected chi connectivity index (χ2v) is 7.76. The molecule has 2 N–H and O–H groups in total. The Bertz CT molecular complexity index is 325. The Morgan fingerprint density at radius 1 is 1.10 bits per heavy atom. The second kappa shape index (κ2) is 5.94. The number of hydrogen-bond acceptors (Lipinski definition) is 3. The maximum Gasteiger partial charge on any atom is 0.0652 e. The summed E-state index contributed by atoms with van der Waals surface area (Å²) in [5.41, 5.74) is 0.292. The minimum absolute atomic E-state index is 0.292. The zero-order valence-corrected chi connectivity index (χ0v) is 13.5. The Kier molecular flexibility index (Phi) is 4.40. The zero-order chi connectivity index (χ0) is 14.2. The number of methoxy groups -OCH3 is 1. The lowest BCUT2D eigenvalue weighted by molar-refractivity contribution is -0.103. The van der Waals surface area contributed by atoms with E-state index in [0.29, 0.717) is 17.6 Å². The largest absolute Gasteiger partial charge is 0.381 e. The highest BCUT2D eigenvalue weighted by atomic mass is 16.5. The number of ether oxygens (including phenoxy) is 1. The second-order valence-electron chi connectivity index (χ2n) is 7.76. The highest BCUT2D eigenvalue weighted by Gasteiger charge is 2.49. The summed E-state index contributed by atoms with van der Waals surface area (Å²) < 4.78 is 5.60. The van der Waals surface area contributed by atoms with Crippen LogP contribution in [0.2, 0.25) is 0 Å². The van der Waals surface area contributed by atoms with Gasteiger partial charge in [0.05, 0.1) is 6.10 Å². The molecule has 5 atom stereocenters. The molecular formula is C17H32N2O. The third kappa shape index (κ3) is 2.65. The van der Waals surface area contributed by atoms with E-state index < -0.39 is 0 Å². The summed E-state index contributed by atoms with van der Waals surface area (Å²) >= 11 is 0. The van der Waals surface area contributed by atoms with Gasteiger partial charge in [0.1, 0.15) is 0 Å². The fourth-order valence-corrected chi connectivity index (χ4v) is 4.75. The standard InChI is InChI=1S/C17H32N2O/c1-17(2)15(11-16(17)20-3)19-14-8-5-4-7-12(14)13-9-6-10-18-13/h12-16,18-19H,4-11H2,1-3H3. The summed E-state index contributed by atoms with van der Waals surface area (Å²) in [6.07, 6.45) is 9.99. The van der Waals surface area contributed by atoms with Crippen molar-refractivity contribution >= 4 is 0 Å². The van der Waals surface area contributed by atoms with Crippen molar-refractivity contribution in [2.24, 2.45) is 11.3 Å². The van der Waals surface area contributed by atoms with E-state index in [2.05, 4.69) is 24.5 Å². The summed E-state index contributed by atoms with van der Waals surface area (Å²) in [6.45, 7) is 5.94. The van der Waals surface area contributed by atoms with Crippen LogP contribution in [-0.4, -0.2) is 37.9 Å². The van der Waals surface area contributed by atoms with Gasteiger partial charge in [-0.2, -0.15) is 0 Å². The maximum absolute atomic E-state index is 5.60. The van der Waals surface area contributed by atoms with Gasteiger partial charge in [0.25, 0.3) is 0 Å². The van der Waals surface area contributed by atoms with E-state index in [1.807, 2.05) is 7.11 Å². The molecule has 3 heteroatoms. The van der Waals surface area contributed by atoms with Crippen LogP contribution in [0.3, 0.4) is 0 Å². The van der Waals surface area contributed by atoms with Crippen molar-refractivity contribution in [3.63, 3.8) is 0 Å². The van der Waals surface area contributed by atoms with Crippen molar-refractivity contribution in [3.05, 3.63) is 0 Å². The van der Waals surface area contributed by atoms with Gasteiger partial charge in [-0.05, 0) is 44.6 Å². The molecule has 0 bridgehead atoms. The third-order valence-electron chi connectivity index (χ3n) is 6.31. The average molecular weight is 280 g/mol. The Morgan fingerprint density at radius 2 is 1.90 bits per heavy atom. The molecule has 3 fully saturated rings. The van der Waals surface area contributed by atoms with E-state index >= 15 is 0 Å². The van der Waals surface area contributed by atoms with Gasteiger partial charge in [-0.3, -0.25) is 0 Å². The van der Waals surface area contributed by atoms with E-state index in [-0.39, 0.29) is 0 Å². The van der Waals surface area contributed by atoms with Gasteiger partial charge in [-0.25, -0.2) is 0 Å². The van der Waals surface area contributed by atoms with Crippen LogP contribution in [0.15, 0.2) is 0 Å². The van der Waals surface area contributed by atoms with E-state index in [0.717, 1.165) is 18.0 Å². The van der Waals surface area contributed by atoms with Crippen molar-refractivity contribution < 1.29 is 4.74 Å². The number of hydrogen-bond donors (Lipinski definition) is 2. The van der Waals surface area contributed by atoms with Gasteiger partial charge in [0, 0.05) is 30.7 Å². The molecule has 20 heavy (non-hydrogen) atoms. The van der Waals surface area contributed by atoms with Gasteiger partial charge < -0.3 is 15.4 Å². The van der Waals surface area contributed by atoms with Crippen LogP contribution in [0.4, 0.5) is 0 Å². The quantitative estimate of drug-likeness (QED) is 0.831. The molecule has 0 aromatic heterocycles. The van der Waals surface area contributed by atoms with E-state index in [9.17, 15) is 0 Å². The summed E-state index contributed by atoms with van der Waals surface area (Å²) in [5, 5.41) is 7.76. The summed E-state index contributed by atoms with van der Waals surface area (Å²) in [6, 6.07) is 2.13. The van der Waals surface area contributed by atoms with Gasteiger partial charge in [-0.15, -0.1) is 0 Å². The van der Waals surface area contributed by atoms with Crippen molar-refractivity contribution in [2.75, 3.05) is 13.7 Å². The molecule has 2 aliphatic carbocycles. The average Bonchev–Trinajstić information content (AvgIpc) is 2.97. The highest BCUT2D eigenvalue weighted by molar-refractivity contribution is 5.05. The third-order valence-corrected chi connectivity index (χ3v) is 6.31. The fraction of sp³-hybridized carbons (Fsp3) is 1.00. The molecule has 3 rings (SSSR count). The Morgan fingerprint density at radius 3 is 2.55 bits per heavy atom. The molecule has 1 heterocycles. The predicted octanol–water partition coefficient (Wildman–Crippen LogP) is 2.70. The first-order chi connectivity index (χ1) is 9.63. The van der Waals surface area contributed by atoms with Crippen molar-refractivity contribution in [1.82, 2.24) is 10.6 Å². The van der Waals surface area contributed by atoms with E-state index in [1.54, 1.807) is 0 Å². The molecule has 2 saturated carbocycles. The van der Waals surface area contributed by atoms with Crippen molar-refractivity contribution in [2.45, 2.75) is 83.0 Å². The minimum Gasteiger partial charge on any atom is -0.381 e. The van der Waals surface area contributed by atoms with Gasteiger partial charge in [0.2, 0.25) is 0 Å². The van der Waals surface area contributed by atoms with E-state index in [4.69, 9.17) is 4.74 Å². The number of nitrogens with one attached hydrogen (secondary N) is 2. The molecule has 0 aromatic carbocycles. The van der Waals surface area contributed by atoms with Crippen LogP contribution in [0.1, 0.15) is 58.8 Å². The molecule has 0 amide bonds. The maximum atomic E-state index is 5.60. The first-order valence-corrected chi connectivity index (χ1v) is 8.65. The highest BCUT2D eigenvalue weighted by Crippen LogP contribution is 2.43. The first kappa shape index (κ1) is 14.8. The van der Waals surface area contributed by atoms with Crippen molar-refractivity contribution in [3.8, 4) is 0 Å². The Hall–Kier alpha value is -0.120. The molecule has 3 aliphatic rings. The normalized spacial score (nSPS) is 44.2.